The van der Waals surface area contributed by atoms with E-state index in [2.05, 4.69) is 0 Å². The van der Waals surface area contributed by atoms with Gasteiger partial charge in [-0.2, -0.15) is 0 Å². The van der Waals surface area contributed by atoms with Gasteiger partial charge >= 0.3 is 5.97 Å². The molecule has 1 unspecified atom stereocenters. The number of carboxylic acid groups (broad SMARTS) is 1. The summed E-state index contributed by atoms with van der Waals surface area (Å²) in [6, 6.07) is 0. The van der Waals surface area contributed by atoms with E-state index in [0.29, 0.717) is 45.1 Å². The van der Waals surface area contributed by atoms with Gasteiger partial charge in [-0.25, -0.2) is 0 Å². The highest BCUT2D eigenvalue weighted by molar-refractivity contribution is 5.79. The van der Waals surface area contributed by atoms with E-state index in [1.54, 1.807) is 4.90 Å². The predicted molar refractivity (Wildman–Crippen MR) is 51.2 cm³/mol. The van der Waals surface area contributed by atoms with Crippen molar-refractivity contribution in [3.63, 3.8) is 0 Å². The fourth-order valence-corrected chi connectivity index (χ4v) is 1.97. The molecule has 5 nitrogen and oxygen atoms in total. The summed E-state index contributed by atoms with van der Waals surface area (Å²) in [6.45, 7) is 2.30. The Hall–Kier alpha value is -1.10. The van der Waals surface area contributed by atoms with Crippen LogP contribution in [0.2, 0.25) is 0 Å². The minimum Gasteiger partial charge on any atom is -0.481 e. The second-order valence-corrected chi connectivity index (χ2v) is 4.27. The molecule has 0 radical (unpaired) electrons. The Kier molecular flexibility index (Phi) is 2.90. The number of rotatable bonds is 3. The van der Waals surface area contributed by atoms with Gasteiger partial charge < -0.3 is 14.7 Å². The number of carbonyl (C=O) groups excluding carboxylic acids is 1. The lowest BCUT2D eigenvalue weighted by atomic mass is 10.0. The molecule has 0 spiro atoms. The van der Waals surface area contributed by atoms with E-state index in [-0.39, 0.29) is 11.8 Å². The maximum atomic E-state index is 11.7. The van der Waals surface area contributed by atoms with Crippen LogP contribution < -0.4 is 0 Å². The third kappa shape index (κ3) is 2.28. The van der Waals surface area contributed by atoms with Crippen LogP contribution in [-0.2, 0) is 14.3 Å². The summed E-state index contributed by atoms with van der Waals surface area (Å²) >= 11 is 0. The smallest absolute Gasteiger partial charge is 0.308 e. The van der Waals surface area contributed by atoms with Crippen molar-refractivity contribution < 1.29 is 19.4 Å². The van der Waals surface area contributed by atoms with Gasteiger partial charge in [0.05, 0.1) is 19.1 Å². The highest BCUT2D eigenvalue weighted by atomic mass is 16.5. The summed E-state index contributed by atoms with van der Waals surface area (Å²) in [5, 5.41) is 8.79. The van der Waals surface area contributed by atoms with E-state index in [9.17, 15) is 9.59 Å². The van der Waals surface area contributed by atoms with Gasteiger partial charge in [0.1, 0.15) is 0 Å². The molecular formula is C10H15NO4. The van der Waals surface area contributed by atoms with E-state index in [1.165, 1.54) is 0 Å². The van der Waals surface area contributed by atoms with Crippen molar-refractivity contribution in [1.82, 2.24) is 4.90 Å². The highest BCUT2D eigenvalue weighted by Crippen LogP contribution is 2.21. The van der Waals surface area contributed by atoms with E-state index in [1.807, 2.05) is 0 Å². The summed E-state index contributed by atoms with van der Waals surface area (Å²) in [5.74, 6) is -0.739. The molecule has 0 aliphatic carbocycles. The van der Waals surface area contributed by atoms with Crippen LogP contribution in [0.15, 0.2) is 0 Å². The Balaban J connectivity index is 1.79. The molecule has 0 aromatic heterocycles. The van der Waals surface area contributed by atoms with Crippen LogP contribution >= 0.6 is 0 Å². The molecule has 0 saturated carbocycles. The predicted octanol–water partition coefficient (Wildman–Crippen LogP) is -0.0440. The first kappa shape index (κ1) is 10.4. The fourth-order valence-electron chi connectivity index (χ4n) is 1.97. The molecule has 15 heavy (non-hydrogen) atoms. The second kappa shape index (κ2) is 4.18. The summed E-state index contributed by atoms with van der Waals surface area (Å²) in [4.78, 5) is 24.1. The lowest BCUT2D eigenvalue weighted by Crippen LogP contribution is -2.36. The van der Waals surface area contributed by atoms with Crippen molar-refractivity contribution in [1.29, 1.82) is 0 Å². The lowest BCUT2D eigenvalue weighted by Gasteiger charge is -2.27. The molecule has 2 fully saturated rings. The third-order valence-corrected chi connectivity index (χ3v) is 3.06. The number of amides is 1. The van der Waals surface area contributed by atoms with Gasteiger partial charge in [-0.15, -0.1) is 0 Å². The quantitative estimate of drug-likeness (QED) is 0.714. The van der Waals surface area contributed by atoms with Crippen LogP contribution in [0.1, 0.15) is 12.8 Å². The Morgan fingerprint density at radius 1 is 1.40 bits per heavy atom. The summed E-state index contributed by atoms with van der Waals surface area (Å²) in [5.41, 5.74) is 0. The molecule has 0 aromatic rings. The zero-order chi connectivity index (χ0) is 10.8. The monoisotopic (exact) mass is 213 g/mol. The average molecular weight is 213 g/mol. The SMILES string of the molecule is O=C(O)C1CCN(C(=O)CC2COC2)C1. The van der Waals surface area contributed by atoms with E-state index < -0.39 is 5.97 Å². The van der Waals surface area contributed by atoms with Crippen LogP contribution in [0.25, 0.3) is 0 Å². The number of nitrogens with zero attached hydrogens (tertiary/aromatic N) is 1. The standard InChI is InChI=1S/C10H15NO4/c12-9(3-7-5-15-6-7)11-2-1-8(4-11)10(13)14/h7-8H,1-6H2,(H,13,14). The van der Waals surface area contributed by atoms with Crippen LogP contribution in [0, 0.1) is 11.8 Å². The normalized spacial score (nSPS) is 26.4. The van der Waals surface area contributed by atoms with Crippen molar-refractivity contribution in [2.45, 2.75) is 12.8 Å². The van der Waals surface area contributed by atoms with Gasteiger partial charge in [0.15, 0.2) is 0 Å². The molecule has 2 saturated heterocycles. The number of hydrogen-bond acceptors (Lipinski definition) is 3. The number of carbonyl (C=O) groups is 2. The third-order valence-electron chi connectivity index (χ3n) is 3.06. The molecule has 2 aliphatic rings. The maximum Gasteiger partial charge on any atom is 0.308 e. The number of likely N-dealkylation sites (tertiary alicyclic amines) is 1. The van der Waals surface area contributed by atoms with Crippen molar-refractivity contribution >= 4 is 11.9 Å². The Bertz CT molecular complexity index is 275. The van der Waals surface area contributed by atoms with Gasteiger partial charge in [0.2, 0.25) is 5.91 Å². The molecular weight excluding hydrogens is 198 g/mol. The second-order valence-electron chi connectivity index (χ2n) is 4.27. The molecule has 1 atom stereocenters. The first-order valence-electron chi connectivity index (χ1n) is 5.25. The number of ether oxygens (including phenoxy) is 1. The first-order valence-corrected chi connectivity index (χ1v) is 5.25. The van der Waals surface area contributed by atoms with Crippen molar-refractivity contribution in [3.05, 3.63) is 0 Å². The largest absolute Gasteiger partial charge is 0.481 e. The minimum atomic E-state index is -0.794. The molecule has 2 rings (SSSR count). The van der Waals surface area contributed by atoms with Gasteiger partial charge in [-0.05, 0) is 6.42 Å². The van der Waals surface area contributed by atoms with Crippen molar-refractivity contribution in [2.24, 2.45) is 11.8 Å². The molecule has 0 bridgehead atoms. The van der Waals surface area contributed by atoms with Crippen molar-refractivity contribution in [3.8, 4) is 0 Å². The number of aliphatic carboxylic acids is 1. The van der Waals surface area contributed by atoms with Crippen LogP contribution in [0.5, 0.6) is 0 Å². The summed E-state index contributed by atoms with van der Waals surface area (Å²) in [6.07, 6.45) is 1.09. The molecule has 84 valence electrons. The van der Waals surface area contributed by atoms with Gasteiger partial charge in [-0.1, -0.05) is 0 Å². The van der Waals surface area contributed by atoms with Gasteiger partial charge in [0, 0.05) is 25.4 Å². The van der Waals surface area contributed by atoms with Crippen LogP contribution in [-0.4, -0.2) is 48.2 Å². The van der Waals surface area contributed by atoms with E-state index in [4.69, 9.17) is 9.84 Å². The maximum absolute atomic E-state index is 11.7. The lowest BCUT2D eigenvalue weighted by molar-refractivity contribution is -0.141. The van der Waals surface area contributed by atoms with Crippen LogP contribution in [0.4, 0.5) is 0 Å². The highest BCUT2D eigenvalue weighted by Gasteiger charge is 2.32. The first-order chi connectivity index (χ1) is 7.16. The summed E-state index contributed by atoms with van der Waals surface area (Å²) < 4.78 is 4.99. The van der Waals surface area contributed by atoms with E-state index >= 15 is 0 Å². The summed E-state index contributed by atoms with van der Waals surface area (Å²) in [7, 11) is 0. The molecule has 0 aromatic carbocycles. The molecule has 5 heteroatoms. The van der Waals surface area contributed by atoms with Gasteiger partial charge in [0.25, 0.3) is 0 Å². The minimum absolute atomic E-state index is 0.0760. The molecule has 1 amide bonds. The zero-order valence-electron chi connectivity index (χ0n) is 8.52. The molecule has 2 heterocycles. The van der Waals surface area contributed by atoms with Gasteiger partial charge in [-0.3, -0.25) is 9.59 Å². The molecule has 2 aliphatic heterocycles. The van der Waals surface area contributed by atoms with Crippen molar-refractivity contribution in [2.75, 3.05) is 26.3 Å². The Morgan fingerprint density at radius 3 is 2.60 bits per heavy atom. The molecule has 1 N–H and O–H groups in total. The fraction of sp³-hybridized carbons (Fsp3) is 0.800. The Morgan fingerprint density at radius 2 is 2.13 bits per heavy atom. The number of hydrogen-bond donors (Lipinski definition) is 1. The number of carboxylic acids is 1. The average Bonchev–Trinajstić information content (AvgIpc) is 2.59. The van der Waals surface area contributed by atoms with E-state index in [0.717, 1.165) is 0 Å². The van der Waals surface area contributed by atoms with Crippen LogP contribution in [0.3, 0.4) is 0 Å². The Labute approximate surface area is 88.0 Å². The zero-order valence-corrected chi connectivity index (χ0v) is 8.52. The topological polar surface area (TPSA) is 66.8 Å².